The Hall–Kier alpha value is -1.10. The lowest BCUT2D eigenvalue weighted by molar-refractivity contribution is 0.297. The molecule has 0 saturated heterocycles. The number of nitrogens with two attached hydrogens (primary N) is 1. The number of nitrogens with zero attached hydrogens (tertiary/aromatic N) is 1. The summed E-state index contributed by atoms with van der Waals surface area (Å²) < 4.78 is 5.30. The van der Waals surface area contributed by atoms with Gasteiger partial charge < -0.3 is 20.7 Å². The van der Waals surface area contributed by atoms with E-state index < -0.39 is 0 Å². The van der Waals surface area contributed by atoms with E-state index in [0.717, 1.165) is 37.5 Å². The molecule has 0 amide bonds. The molecule has 0 saturated carbocycles. The first-order chi connectivity index (χ1) is 9.65. The fraction of sp³-hybridized carbons (Fsp3) is 0.625. The Labute approximate surface area is 123 Å². The van der Waals surface area contributed by atoms with E-state index in [1.54, 1.807) is 7.11 Å². The number of hydrogen-bond donors (Lipinski definition) is 2. The molecule has 0 heterocycles. The van der Waals surface area contributed by atoms with Gasteiger partial charge in [-0.2, -0.15) is 0 Å². The van der Waals surface area contributed by atoms with Gasteiger partial charge in [0, 0.05) is 25.7 Å². The summed E-state index contributed by atoms with van der Waals surface area (Å²) in [5.74, 6) is 0.924. The molecule has 0 aliphatic rings. The van der Waals surface area contributed by atoms with Gasteiger partial charge in [-0.3, -0.25) is 0 Å². The van der Waals surface area contributed by atoms with E-state index in [9.17, 15) is 0 Å². The van der Waals surface area contributed by atoms with Crippen molar-refractivity contribution in [2.45, 2.75) is 26.8 Å². The summed E-state index contributed by atoms with van der Waals surface area (Å²) in [6.07, 6.45) is 0. The average molecular weight is 279 g/mol. The molecule has 0 aliphatic heterocycles. The largest absolute Gasteiger partial charge is 0.496 e. The van der Waals surface area contributed by atoms with E-state index in [2.05, 4.69) is 43.1 Å². The van der Waals surface area contributed by atoms with Crippen molar-refractivity contribution in [1.82, 2.24) is 10.2 Å². The highest BCUT2D eigenvalue weighted by Crippen LogP contribution is 2.22. The third-order valence-corrected chi connectivity index (χ3v) is 3.77. The lowest BCUT2D eigenvalue weighted by Gasteiger charge is -2.22. The van der Waals surface area contributed by atoms with Crippen LogP contribution in [0.2, 0.25) is 0 Å². The van der Waals surface area contributed by atoms with Crippen molar-refractivity contribution in [2.75, 3.05) is 39.8 Å². The monoisotopic (exact) mass is 279 g/mol. The summed E-state index contributed by atoms with van der Waals surface area (Å²) in [7, 11) is 1.70. The van der Waals surface area contributed by atoms with Crippen LogP contribution in [-0.4, -0.2) is 44.7 Å². The molecule has 1 unspecified atom stereocenters. The first-order valence-corrected chi connectivity index (χ1v) is 7.46. The number of hydrogen-bond acceptors (Lipinski definition) is 4. The molecule has 0 bridgehead atoms. The summed E-state index contributed by atoms with van der Waals surface area (Å²) in [6.45, 7) is 11.2. The smallest absolute Gasteiger partial charge is 0.121 e. The molecule has 1 aromatic carbocycles. The van der Waals surface area contributed by atoms with Crippen LogP contribution in [0.5, 0.6) is 5.75 Å². The van der Waals surface area contributed by atoms with Gasteiger partial charge in [0.1, 0.15) is 5.75 Å². The van der Waals surface area contributed by atoms with Crippen molar-refractivity contribution < 1.29 is 4.74 Å². The second-order valence-electron chi connectivity index (χ2n) is 5.00. The van der Waals surface area contributed by atoms with Crippen LogP contribution in [0.15, 0.2) is 18.2 Å². The van der Waals surface area contributed by atoms with Crippen LogP contribution in [-0.2, 0) is 0 Å². The summed E-state index contributed by atoms with van der Waals surface area (Å²) in [6, 6.07) is 6.46. The molecule has 3 N–H and O–H groups in total. The van der Waals surface area contributed by atoms with E-state index >= 15 is 0 Å². The van der Waals surface area contributed by atoms with Gasteiger partial charge in [-0.25, -0.2) is 0 Å². The number of rotatable bonds is 9. The van der Waals surface area contributed by atoms with Gasteiger partial charge in [-0.15, -0.1) is 0 Å². The first-order valence-electron chi connectivity index (χ1n) is 7.46. The van der Waals surface area contributed by atoms with Crippen LogP contribution in [0.1, 0.15) is 31.0 Å². The standard InChI is InChI=1S/C16H29N3O/c1-5-19(6-2)10-9-18-15(12-17)14-7-8-16(20-4)13(3)11-14/h7-8,11,15,18H,5-6,9-10,12,17H2,1-4H3. The molecule has 0 radical (unpaired) electrons. The quantitative estimate of drug-likeness (QED) is 0.725. The van der Waals surface area contributed by atoms with Crippen molar-refractivity contribution >= 4 is 0 Å². The van der Waals surface area contributed by atoms with E-state index in [-0.39, 0.29) is 6.04 Å². The molecule has 1 aromatic rings. The second kappa shape index (κ2) is 8.95. The number of methoxy groups -OCH3 is 1. The summed E-state index contributed by atoms with van der Waals surface area (Å²) in [5.41, 5.74) is 8.27. The third kappa shape index (κ3) is 4.78. The van der Waals surface area contributed by atoms with E-state index in [1.165, 1.54) is 5.56 Å². The highest BCUT2D eigenvalue weighted by atomic mass is 16.5. The van der Waals surface area contributed by atoms with Crippen LogP contribution >= 0.6 is 0 Å². The number of nitrogens with one attached hydrogen (secondary N) is 1. The zero-order chi connectivity index (χ0) is 15.0. The molecule has 1 rings (SSSR count). The highest BCUT2D eigenvalue weighted by Gasteiger charge is 2.11. The second-order valence-corrected chi connectivity index (χ2v) is 5.00. The number of likely N-dealkylation sites (N-methyl/N-ethyl adjacent to an activating group) is 1. The maximum absolute atomic E-state index is 5.90. The Morgan fingerprint density at radius 1 is 1.30 bits per heavy atom. The fourth-order valence-corrected chi connectivity index (χ4v) is 2.39. The Bertz CT molecular complexity index is 391. The van der Waals surface area contributed by atoms with Gasteiger partial charge in [0.15, 0.2) is 0 Å². The predicted octanol–water partition coefficient (Wildman–Crippen LogP) is 1.93. The van der Waals surface area contributed by atoms with Crippen molar-refractivity contribution in [2.24, 2.45) is 5.73 Å². The maximum atomic E-state index is 5.90. The maximum Gasteiger partial charge on any atom is 0.121 e. The molecular weight excluding hydrogens is 250 g/mol. The minimum Gasteiger partial charge on any atom is -0.496 e. The molecule has 0 fully saturated rings. The van der Waals surface area contributed by atoms with Crippen LogP contribution in [0.25, 0.3) is 0 Å². The summed E-state index contributed by atoms with van der Waals surface area (Å²) in [4.78, 5) is 2.40. The topological polar surface area (TPSA) is 50.5 Å². The average Bonchev–Trinajstić information content (AvgIpc) is 2.47. The zero-order valence-corrected chi connectivity index (χ0v) is 13.3. The summed E-state index contributed by atoms with van der Waals surface area (Å²) in [5, 5.41) is 3.54. The van der Waals surface area contributed by atoms with Gasteiger partial charge in [-0.05, 0) is 37.2 Å². The SMILES string of the molecule is CCN(CC)CCNC(CN)c1ccc(OC)c(C)c1. The third-order valence-electron chi connectivity index (χ3n) is 3.77. The first kappa shape index (κ1) is 17.0. The summed E-state index contributed by atoms with van der Waals surface area (Å²) >= 11 is 0. The van der Waals surface area contributed by atoms with Crippen molar-refractivity contribution in [3.8, 4) is 5.75 Å². The Morgan fingerprint density at radius 3 is 2.50 bits per heavy atom. The van der Waals surface area contributed by atoms with Crippen molar-refractivity contribution in [3.63, 3.8) is 0 Å². The minimum absolute atomic E-state index is 0.204. The van der Waals surface area contributed by atoms with Crippen molar-refractivity contribution in [3.05, 3.63) is 29.3 Å². The molecule has 114 valence electrons. The number of ether oxygens (including phenoxy) is 1. The molecule has 4 heteroatoms. The lowest BCUT2D eigenvalue weighted by Crippen LogP contribution is -2.36. The normalized spacial score (nSPS) is 12.7. The van der Waals surface area contributed by atoms with Crippen LogP contribution in [0, 0.1) is 6.92 Å². The minimum atomic E-state index is 0.204. The van der Waals surface area contributed by atoms with Gasteiger partial charge in [0.2, 0.25) is 0 Å². The van der Waals surface area contributed by atoms with Gasteiger partial charge >= 0.3 is 0 Å². The van der Waals surface area contributed by atoms with Crippen LogP contribution in [0.4, 0.5) is 0 Å². The Kier molecular flexibility index (Phi) is 7.59. The van der Waals surface area contributed by atoms with E-state index in [4.69, 9.17) is 10.5 Å². The molecule has 0 aliphatic carbocycles. The van der Waals surface area contributed by atoms with Gasteiger partial charge in [0.25, 0.3) is 0 Å². The van der Waals surface area contributed by atoms with Crippen molar-refractivity contribution in [1.29, 1.82) is 0 Å². The molecular formula is C16H29N3O. The molecule has 0 spiro atoms. The zero-order valence-electron chi connectivity index (χ0n) is 13.3. The molecule has 0 aromatic heterocycles. The van der Waals surface area contributed by atoms with Gasteiger partial charge in [0.05, 0.1) is 7.11 Å². The fourth-order valence-electron chi connectivity index (χ4n) is 2.39. The highest BCUT2D eigenvalue weighted by molar-refractivity contribution is 5.37. The molecule has 4 nitrogen and oxygen atoms in total. The van der Waals surface area contributed by atoms with Crippen LogP contribution in [0.3, 0.4) is 0 Å². The number of benzene rings is 1. The van der Waals surface area contributed by atoms with E-state index in [1.807, 2.05) is 6.07 Å². The lowest BCUT2D eigenvalue weighted by atomic mass is 10.0. The predicted molar refractivity (Wildman–Crippen MR) is 85.3 cm³/mol. The van der Waals surface area contributed by atoms with E-state index in [0.29, 0.717) is 6.54 Å². The van der Waals surface area contributed by atoms with Gasteiger partial charge in [-0.1, -0.05) is 26.0 Å². The molecule has 20 heavy (non-hydrogen) atoms. The Morgan fingerprint density at radius 2 is 2.00 bits per heavy atom. The molecule has 1 atom stereocenters. The Balaban J connectivity index is 2.59. The van der Waals surface area contributed by atoms with Crippen LogP contribution < -0.4 is 15.8 Å². The number of aryl methyl sites for hydroxylation is 1.